The van der Waals surface area contributed by atoms with Crippen molar-refractivity contribution in [3.63, 3.8) is 0 Å². The molecule has 31 heavy (non-hydrogen) atoms. The third-order valence-electron chi connectivity index (χ3n) is 5.90. The second-order valence-electron chi connectivity index (χ2n) is 8.59. The number of halogens is 1. The van der Waals surface area contributed by atoms with E-state index in [0.29, 0.717) is 24.7 Å². The summed E-state index contributed by atoms with van der Waals surface area (Å²) in [5.41, 5.74) is 7.41. The minimum Gasteiger partial charge on any atom is -0.370 e. The maximum absolute atomic E-state index is 13.1. The summed E-state index contributed by atoms with van der Waals surface area (Å²) in [5.74, 6) is -0.608. The number of nitrogens with two attached hydrogens (primary N) is 1. The molecular weight excluding hydrogens is 420 g/mol. The summed E-state index contributed by atoms with van der Waals surface area (Å²) < 4.78 is 0. The first-order chi connectivity index (χ1) is 14.9. The van der Waals surface area contributed by atoms with Crippen molar-refractivity contribution in [2.45, 2.75) is 30.6 Å². The van der Waals surface area contributed by atoms with E-state index >= 15 is 0 Å². The summed E-state index contributed by atoms with van der Waals surface area (Å²) >= 11 is 6.10. The number of aromatic nitrogens is 1. The third kappa shape index (κ3) is 6.33. The van der Waals surface area contributed by atoms with Crippen LogP contribution in [0.5, 0.6) is 0 Å². The highest BCUT2D eigenvalue weighted by atomic mass is 35.5. The molecule has 10 nitrogen and oxygen atoms in total. The van der Waals surface area contributed by atoms with Gasteiger partial charge >= 0.3 is 0 Å². The molecule has 0 aromatic carbocycles. The van der Waals surface area contributed by atoms with Gasteiger partial charge in [-0.25, -0.2) is 0 Å². The van der Waals surface area contributed by atoms with Crippen LogP contribution in [0.15, 0.2) is 23.6 Å². The van der Waals surface area contributed by atoms with E-state index < -0.39 is 18.2 Å². The fourth-order valence-corrected chi connectivity index (χ4v) is 4.50. The third-order valence-corrected chi connectivity index (χ3v) is 6.21. The number of anilines is 2. The van der Waals surface area contributed by atoms with Crippen molar-refractivity contribution in [2.24, 2.45) is 22.7 Å². The van der Waals surface area contributed by atoms with Crippen molar-refractivity contribution in [3.8, 4) is 0 Å². The molecule has 2 fully saturated rings. The molecule has 2 atom stereocenters. The maximum atomic E-state index is 13.1. The Bertz CT molecular complexity index is 736. The van der Waals surface area contributed by atoms with Crippen LogP contribution in [0.1, 0.15) is 12.8 Å². The first kappa shape index (κ1) is 23.8. The number of nitrogens with zero attached hydrogens (tertiary/aromatic N) is 4. The summed E-state index contributed by atoms with van der Waals surface area (Å²) in [6.45, 7) is 3.92. The van der Waals surface area contributed by atoms with Gasteiger partial charge in [0.15, 0.2) is 6.17 Å². The lowest BCUT2D eigenvalue weighted by atomic mass is 9.96. The number of amides is 1. The Morgan fingerprint density at radius 2 is 2.06 bits per heavy atom. The molecule has 11 heteroatoms. The van der Waals surface area contributed by atoms with Gasteiger partial charge in [0.2, 0.25) is 5.91 Å². The van der Waals surface area contributed by atoms with Crippen LogP contribution in [-0.4, -0.2) is 80.3 Å². The van der Waals surface area contributed by atoms with E-state index in [1.165, 1.54) is 0 Å². The van der Waals surface area contributed by atoms with Gasteiger partial charge in [0.05, 0.1) is 29.1 Å². The van der Waals surface area contributed by atoms with Crippen LogP contribution in [-0.2, 0) is 4.79 Å². The van der Waals surface area contributed by atoms with Crippen molar-refractivity contribution in [1.29, 1.82) is 0 Å². The van der Waals surface area contributed by atoms with Crippen molar-refractivity contribution in [2.75, 3.05) is 57.0 Å². The zero-order valence-corrected chi connectivity index (χ0v) is 18.9. The first-order valence-electron chi connectivity index (χ1n) is 10.7. The molecule has 2 saturated heterocycles. The first-order valence-corrected chi connectivity index (χ1v) is 11.2. The standard InChI is InChI=1S/C20H33ClN8O2/c1-28(2)12-13-4-7-29(8-5-13)16-3-6-23-11-15(16)26-20(30)17(18(22)27-31)19-24-9-14(21)10-25-19/h3,6,11,13-14,17-19,24-25H,4-5,7-10,12,22H2,1-2H3,(H,26,30). The number of piperidine rings is 1. The molecule has 0 radical (unpaired) electrons. The van der Waals surface area contributed by atoms with Crippen LogP contribution in [0.2, 0.25) is 0 Å². The number of alkyl halides is 1. The van der Waals surface area contributed by atoms with Crippen LogP contribution in [0.3, 0.4) is 0 Å². The Morgan fingerprint density at radius 3 is 2.68 bits per heavy atom. The fourth-order valence-electron chi connectivity index (χ4n) is 4.33. The molecule has 2 aliphatic rings. The predicted octanol–water partition coefficient (Wildman–Crippen LogP) is 0.592. The van der Waals surface area contributed by atoms with E-state index in [1.807, 2.05) is 6.07 Å². The molecule has 0 spiro atoms. The number of carbonyl (C=O) groups excluding carboxylic acids is 1. The average Bonchev–Trinajstić information content (AvgIpc) is 2.76. The van der Waals surface area contributed by atoms with Crippen LogP contribution in [0.4, 0.5) is 11.4 Å². The lowest BCUT2D eigenvalue weighted by Crippen LogP contribution is -2.62. The van der Waals surface area contributed by atoms with Crippen molar-refractivity contribution >= 4 is 28.9 Å². The molecule has 0 saturated carbocycles. The molecule has 1 aromatic rings. The van der Waals surface area contributed by atoms with Crippen LogP contribution < -0.4 is 26.6 Å². The Balaban J connectivity index is 1.70. The van der Waals surface area contributed by atoms with E-state index in [9.17, 15) is 9.70 Å². The van der Waals surface area contributed by atoms with E-state index in [1.54, 1.807) is 12.4 Å². The molecule has 3 rings (SSSR count). The van der Waals surface area contributed by atoms with Gasteiger partial charge in [-0.05, 0) is 38.9 Å². The Kier molecular flexibility index (Phi) is 8.56. The molecule has 5 N–H and O–H groups in total. The minimum absolute atomic E-state index is 0.0966. The van der Waals surface area contributed by atoms with Crippen LogP contribution in [0, 0.1) is 16.7 Å². The van der Waals surface area contributed by atoms with Crippen molar-refractivity contribution in [3.05, 3.63) is 23.4 Å². The maximum Gasteiger partial charge on any atom is 0.234 e. The second kappa shape index (κ2) is 11.1. The van der Waals surface area contributed by atoms with Crippen molar-refractivity contribution in [1.82, 2.24) is 20.5 Å². The van der Waals surface area contributed by atoms with Gasteiger partial charge in [-0.2, -0.15) is 0 Å². The summed E-state index contributed by atoms with van der Waals surface area (Å²) in [5, 5.41) is 12.0. The lowest BCUT2D eigenvalue weighted by Gasteiger charge is -2.36. The molecule has 0 aliphatic carbocycles. The van der Waals surface area contributed by atoms with E-state index in [0.717, 1.165) is 38.2 Å². The monoisotopic (exact) mass is 452 g/mol. The molecule has 0 bridgehead atoms. The molecule has 3 heterocycles. The Morgan fingerprint density at radius 1 is 1.39 bits per heavy atom. The van der Waals surface area contributed by atoms with E-state index in [2.05, 4.69) is 50.0 Å². The summed E-state index contributed by atoms with van der Waals surface area (Å²) in [6, 6.07) is 1.91. The van der Waals surface area contributed by atoms with Gasteiger partial charge in [-0.3, -0.25) is 20.4 Å². The van der Waals surface area contributed by atoms with E-state index in [4.69, 9.17) is 17.3 Å². The summed E-state index contributed by atoms with van der Waals surface area (Å²) in [4.78, 5) is 33.0. The molecule has 1 aromatic heterocycles. The van der Waals surface area contributed by atoms with Crippen LogP contribution in [0.25, 0.3) is 0 Å². The zero-order chi connectivity index (χ0) is 22.4. The van der Waals surface area contributed by atoms with Gasteiger partial charge in [-0.1, -0.05) is 5.18 Å². The van der Waals surface area contributed by atoms with Crippen LogP contribution >= 0.6 is 11.6 Å². The van der Waals surface area contributed by atoms with Crippen molar-refractivity contribution < 1.29 is 4.79 Å². The number of nitroso groups, excluding NO2 is 1. The van der Waals surface area contributed by atoms with Gasteiger partial charge in [0.25, 0.3) is 0 Å². The van der Waals surface area contributed by atoms with Gasteiger partial charge in [0.1, 0.15) is 5.92 Å². The Labute approximate surface area is 188 Å². The largest absolute Gasteiger partial charge is 0.370 e. The van der Waals surface area contributed by atoms with E-state index in [-0.39, 0.29) is 11.3 Å². The average molecular weight is 453 g/mol. The topological polar surface area (TPSA) is 128 Å². The molecule has 2 unspecified atom stereocenters. The molecular formula is C20H33ClN8O2. The van der Waals surface area contributed by atoms with Gasteiger partial charge in [-0.15, -0.1) is 16.5 Å². The minimum atomic E-state index is -1.20. The number of pyridine rings is 1. The predicted molar refractivity (Wildman–Crippen MR) is 123 cm³/mol. The lowest BCUT2D eigenvalue weighted by molar-refractivity contribution is -0.121. The highest BCUT2D eigenvalue weighted by Gasteiger charge is 2.37. The number of hydrogen-bond donors (Lipinski definition) is 4. The fraction of sp³-hybridized carbons (Fsp3) is 0.700. The molecule has 2 aliphatic heterocycles. The highest BCUT2D eigenvalue weighted by Crippen LogP contribution is 2.30. The smallest absolute Gasteiger partial charge is 0.234 e. The summed E-state index contributed by atoms with van der Waals surface area (Å²) in [7, 11) is 4.20. The SMILES string of the molecule is CN(C)CC1CCN(c2ccncc2NC(=O)C(C(N)N=O)C2NCC(Cl)CN2)CC1. The number of carbonyl (C=O) groups is 1. The zero-order valence-electron chi connectivity index (χ0n) is 18.1. The number of rotatable bonds is 8. The second-order valence-corrected chi connectivity index (χ2v) is 9.21. The Hall–Kier alpha value is -1.85. The summed E-state index contributed by atoms with van der Waals surface area (Å²) in [6.07, 6.45) is 3.84. The quantitative estimate of drug-likeness (QED) is 0.333. The number of nitrogens with one attached hydrogen (secondary N) is 3. The highest BCUT2D eigenvalue weighted by molar-refractivity contribution is 6.21. The number of hydrogen-bond acceptors (Lipinski definition) is 9. The van der Waals surface area contributed by atoms with Gasteiger partial charge < -0.3 is 20.9 Å². The molecule has 172 valence electrons. The normalized spacial score (nSPS) is 24.6. The van der Waals surface area contributed by atoms with Gasteiger partial charge in [0, 0.05) is 38.9 Å². The molecule has 1 amide bonds.